The van der Waals surface area contributed by atoms with Crippen LogP contribution in [0.1, 0.15) is 29.8 Å². The van der Waals surface area contributed by atoms with E-state index >= 15 is 0 Å². The normalized spacial score (nSPS) is 11.9. The molecule has 0 spiro atoms. The van der Waals surface area contributed by atoms with Crippen LogP contribution in [0.25, 0.3) is 0 Å². The third-order valence-corrected chi connectivity index (χ3v) is 3.97. The smallest absolute Gasteiger partial charge is 0.251 e. The van der Waals surface area contributed by atoms with E-state index in [4.69, 9.17) is 11.6 Å². The maximum atomic E-state index is 12.6. The molecule has 1 unspecified atom stereocenters. The monoisotopic (exact) mass is 360 g/mol. The second-order valence-corrected chi connectivity index (χ2v) is 6.49. The molecule has 3 N–H and O–H groups in total. The molecule has 0 heterocycles. The van der Waals surface area contributed by atoms with Crippen LogP contribution in [0.3, 0.4) is 0 Å². The zero-order valence-electron chi connectivity index (χ0n) is 14.1. The van der Waals surface area contributed by atoms with Crippen molar-refractivity contribution in [3.8, 4) is 0 Å². The molecule has 2 rings (SSSR count). The van der Waals surface area contributed by atoms with E-state index in [2.05, 4.69) is 10.6 Å². The van der Waals surface area contributed by atoms with E-state index in [0.29, 0.717) is 21.8 Å². The lowest BCUT2D eigenvalue weighted by Gasteiger charge is -2.22. The van der Waals surface area contributed by atoms with E-state index in [1.807, 2.05) is 13.8 Å². The first-order valence-corrected chi connectivity index (χ1v) is 8.35. The Hall–Kier alpha value is -2.37. The minimum atomic E-state index is -0.694. The van der Waals surface area contributed by atoms with Gasteiger partial charge < -0.3 is 15.7 Å². The molecule has 0 saturated carbocycles. The van der Waals surface area contributed by atoms with Crippen LogP contribution in [0.5, 0.6) is 0 Å². The van der Waals surface area contributed by atoms with Crippen molar-refractivity contribution >= 4 is 29.1 Å². The first-order chi connectivity index (χ1) is 11.9. The third-order valence-electron chi connectivity index (χ3n) is 3.72. The molecule has 0 saturated heterocycles. The van der Waals surface area contributed by atoms with Crippen LogP contribution in [-0.4, -0.2) is 23.0 Å². The number of aliphatic hydroxyl groups excluding tert-OH is 1. The molecule has 5 nitrogen and oxygen atoms in total. The van der Waals surface area contributed by atoms with Gasteiger partial charge >= 0.3 is 0 Å². The summed E-state index contributed by atoms with van der Waals surface area (Å²) in [4.78, 5) is 24.9. The van der Waals surface area contributed by atoms with Crippen LogP contribution in [0.15, 0.2) is 48.5 Å². The molecule has 0 radical (unpaired) electrons. The molecule has 0 fully saturated rings. The predicted octanol–water partition coefficient (Wildman–Crippen LogP) is 3.23. The number of anilines is 1. The minimum Gasteiger partial charge on any atom is -0.392 e. The summed E-state index contributed by atoms with van der Waals surface area (Å²) in [7, 11) is 0. The molecular formula is C19H21ClN2O3. The number of aliphatic hydroxyl groups is 1. The van der Waals surface area contributed by atoms with Crippen molar-refractivity contribution < 1.29 is 14.7 Å². The summed E-state index contributed by atoms with van der Waals surface area (Å²) in [5.74, 6) is -0.751. The van der Waals surface area contributed by atoms with Gasteiger partial charge in [-0.25, -0.2) is 0 Å². The fourth-order valence-electron chi connectivity index (χ4n) is 2.33. The first-order valence-electron chi connectivity index (χ1n) is 7.98. The number of carbonyl (C=O) groups excluding carboxylic acids is 2. The molecule has 0 aliphatic rings. The highest BCUT2D eigenvalue weighted by atomic mass is 35.5. The van der Waals surface area contributed by atoms with Crippen molar-refractivity contribution in [2.75, 3.05) is 5.32 Å². The van der Waals surface area contributed by atoms with Crippen molar-refractivity contribution in [2.24, 2.45) is 5.92 Å². The minimum absolute atomic E-state index is 0.0997. The van der Waals surface area contributed by atoms with Crippen LogP contribution in [-0.2, 0) is 11.4 Å². The Bertz CT molecular complexity index is 745. The lowest BCUT2D eigenvalue weighted by atomic mass is 10.0. The zero-order valence-corrected chi connectivity index (χ0v) is 14.9. The predicted molar refractivity (Wildman–Crippen MR) is 98.5 cm³/mol. The molecular weight excluding hydrogens is 340 g/mol. The third kappa shape index (κ3) is 5.31. The second kappa shape index (κ2) is 8.65. The highest BCUT2D eigenvalue weighted by Gasteiger charge is 2.24. The van der Waals surface area contributed by atoms with Gasteiger partial charge in [-0.3, -0.25) is 9.59 Å². The Morgan fingerprint density at radius 1 is 1.12 bits per heavy atom. The SMILES string of the molecule is CC(C)C(NC(=O)c1ccc(Cl)cc1)C(=O)Nc1cccc(CO)c1. The van der Waals surface area contributed by atoms with Gasteiger partial charge in [0.1, 0.15) is 6.04 Å². The van der Waals surface area contributed by atoms with Gasteiger partial charge in [-0.15, -0.1) is 0 Å². The number of benzene rings is 2. The number of rotatable bonds is 6. The molecule has 0 bridgehead atoms. The Kier molecular flexibility index (Phi) is 6.56. The maximum absolute atomic E-state index is 12.6. The number of halogens is 1. The van der Waals surface area contributed by atoms with Crippen LogP contribution in [0.2, 0.25) is 5.02 Å². The van der Waals surface area contributed by atoms with Gasteiger partial charge in [0.25, 0.3) is 5.91 Å². The topological polar surface area (TPSA) is 78.4 Å². The van der Waals surface area contributed by atoms with Crippen LogP contribution >= 0.6 is 11.6 Å². The molecule has 1 atom stereocenters. The van der Waals surface area contributed by atoms with Crippen molar-refractivity contribution in [2.45, 2.75) is 26.5 Å². The van der Waals surface area contributed by atoms with Gasteiger partial charge in [-0.2, -0.15) is 0 Å². The molecule has 2 amide bonds. The van der Waals surface area contributed by atoms with E-state index in [9.17, 15) is 14.7 Å². The van der Waals surface area contributed by atoms with Crippen LogP contribution < -0.4 is 10.6 Å². The molecule has 0 aromatic heterocycles. The number of carbonyl (C=O) groups is 2. The lowest BCUT2D eigenvalue weighted by Crippen LogP contribution is -2.47. The summed E-state index contributed by atoms with van der Waals surface area (Å²) in [6.45, 7) is 3.61. The molecule has 2 aromatic rings. The molecule has 0 aliphatic heterocycles. The Labute approximate surface area is 152 Å². The van der Waals surface area contributed by atoms with Gasteiger partial charge in [-0.1, -0.05) is 37.6 Å². The number of amides is 2. The summed E-state index contributed by atoms with van der Waals surface area (Å²) in [5, 5.41) is 15.3. The summed E-state index contributed by atoms with van der Waals surface area (Å²) in [6.07, 6.45) is 0. The Morgan fingerprint density at radius 3 is 2.40 bits per heavy atom. The highest BCUT2D eigenvalue weighted by Crippen LogP contribution is 2.14. The van der Waals surface area contributed by atoms with E-state index in [-0.39, 0.29) is 24.3 Å². The van der Waals surface area contributed by atoms with Crippen molar-refractivity contribution in [1.29, 1.82) is 0 Å². The molecule has 6 heteroatoms. The number of hydrogen-bond donors (Lipinski definition) is 3. The average molecular weight is 361 g/mol. The molecule has 132 valence electrons. The average Bonchev–Trinajstić information content (AvgIpc) is 2.59. The fourth-order valence-corrected chi connectivity index (χ4v) is 2.45. The lowest BCUT2D eigenvalue weighted by molar-refractivity contribution is -0.118. The molecule has 0 aliphatic carbocycles. The van der Waals surface area contributed by atoms with Crippen LogP contribution in [0.4, 0.5) is 5.69 Å². The summed E-state index contributed by atoms with van der Waals surface area (Å²) in [6, 6.07) is 12.7. The summed E-state index contributed by atoms with van der Waals surface area (Å²) < 4.78 is 0. The molecule has 2 aromatic carbocycles. The van der Waals surface area contributed by atoms with Gasteiger partial charge in [0.05, 0.1) is 6.61 Å². The zero-order chi connectivity index (χ0) is 18.4. The van der Waals surface area contributed by atoms with Gasteiger partial charge in [0, 0.05) is 16.3 Å². The van der Waals surface area contributed by atoms with Crippen molar-refractivity contribution in [3.63, 3.8) is 0 Å². The van der Waals surface area contributed by atoms with Crippen molar-refractivity contribution in [3.05, 3.63) is 64.7 Å². The Morgan fingerprint density at radius 2 is 1.80 bits per heavy atom. The fraction of sp³-hybridized carbons (Fsp3) is 0.263. The van der Waals surface area contributed by atoms with Gasteiger partial charge in [-0.05, 0) is 47.9 Å². The van der Waals surface area contributed by atoms with Crippen molar-refractivity contribution in [1.82, 2.24) is 5.32 Å². The van der Waals surface area contributed by atoms with E-state index in [1.54, 1.807) is 48.5 Å². The van der Waals surface area contributed by atoms with Gasteiger partial charge in [0.2, 0.25) is 5.91 Å². The first kappa shape index (κ1) is 19.0. The van der Waals surface area contributed by atoms with Crippen LogP contribution in [0, 0.1) is 5.92 Å². The summed E-state index contributed by atoms with van der Waals surface area (Å²) >= 11 is 5.82. The Balaban J connectivity index is 2.09. The summed E-state index contributed by atoms with van der Waals surface area (Å²) in [5.41, 5.74) is 1.71. The quantitative estimate of drug-likeness (QED) is 0.740. The van der Waals surface area contributed by atoms with E-state index < -0.39 is 6.04 Å². The van der Waals surface area contributed by atoms with E-state index in [0.717, 1.165) is 0 Å². The van der Waals surface area contributed by atoms with Gasteiger partial charge in [0.15, 0.2) is 0 Å². The molecule has 25 heavy (non-hydrogen) atoms. The van der Waals surface area contributed by atoms with E-state index in [1.165, 1.54) is 0 Å². The number of hydrogen-bond acceptors (Lipinski definition) is 3. The maximum Gasteiger partial charge on any atom is 0.251 e. The highest BCUT2D eigenvalue weighted by molar-refractivity contribution is 6.30. The number of nitrogens with one attached hydrogen (secondary N) is 2. The standard InChI is InChI=1S/C19H21ClN2O3/c1-12(2)17(22-18(24)14-6-8-15(20)9-7-14)19(25)21-16-5-3-4-13(10-16)11-23/h3-10,12,17,23H,11H2,1-2H3,(H,21,25)(H,22,24). The largest absolute Gasteiger partial charge is 0.392 e. The second-order valence-electron chi connectivity index (χ2n) is 6.05.